The maximum Gasteiger partial charge on any atom is 0.290 e. The summed E-state index contributed by atoms with van der Waals surface area (Å²) in [5.74, 6) is -0.116. The van der Waals surface area contributed by atoms with Crippen molar-refractivity contribution in [2.75, 3.05) is 0 Å². The van der Waals surface area contributed by atoms with E-state index >= 15 is 0 Å². The molecule has 1 aromatic heterocycles. The molecule has 1 aromatic carbocycles. The Kier molecular flexibility index (Phi) is 3.57. The predicted octanol–water partition coefficient (Wildman–Crippen LogP) is 2.91. The molecule has 2 aromatic rings. The first kappa shape index (κ1) is 13.2. The molecule has 0 saturated heterocycles. The summed E-state index contributed by atoms with van der Waals surface area (Å²) in [6, 6.07) is 11.1. The first-order valence-electron chi connectivity index (χ1n) is 6.63. The highest BCUT2D eigenvalue weighted by atomic mass is 16.5. The number of carbonyl (C=O) groups is 1. The van der Waals surface area contributed by atoms with E-state index in [2.05, 4.69) is 20.5 Å². The quantitative estimate of drug-likeness (QED) is 0.529. The average Bonchev–Trinajstić information content (AvgIpc) is 2.96. The van der Waals surface area contributed by atoms with Gasteiger partial charge in [-0.05, 0) is 18.4 Å². The fraction of sp³-hybridized carbons (Fsp3) is 0.286. The van der Waals surface area contributed by atoms with Crippen LogP contribution >= 0.6 is 0 Å². The summed E-state index contributed by atoms with van der Waals surface area (Å²) in [7, 11) is 0. The van der Waals surface area contributed by atoms with Gasteiger partial charge in [-0.2, -0.15) is 0 Å². The molecule has 0 unspecified atom stereocenters. The Bertz CT molecular complexity index is 684. The molecule has 0 bridgehead atoms. The van der Waals surface area contributed by atoms with Crippen LogP contribution in [0.3, 0.4) is 0 Å². The van der Waals surface area contributed by atoms with Gasteiger partial charge in [-0.25, -0.2) is 0 Å². The predicted molar refractivity (Wildman–Crippen MR) is 75.4 cm³/mol. The third-order valence-corrected chi connectivity index (χ3v) is 3.47. The molecule has 1 heterocycles. The van der Waals surface area contributed by atoms with E-state index in [0.717, 1.165) is 5.56 Å². The highest BCUT2D eigenvalue weighted by Crippen LogP contribution is 2.24. The van der Waals surface area contributed by atoms with Crippen LogP contribution in [0.5, 0.6) is 0 Å². The molecule has 1 aliphatic carbocycles. The van der Waals surface area contributed by atoms with Crippen molar-refractivity contribution < 1.29 is 9.32 Å². The molecule has 1 aliphatic rings. The molecule has 1 amide bonds. The SMILES string of the molecule is [N-]=[N+]=N[C@H]1C[C@@H](NC(=O)c2cc(-c3ccccc3)no2)C1. The van der Waals surface area contributed by atoms with Gasteiger partial charge >= 0.3 is 0 Å². The van der Waals surface area contributed by atoms with Gasteiger partial charge in [-0.1, -0.05) is 40.6 Å². The van der Waals surface area contributed by atoms with E-state index in [0.29, 0.717) is 18.5 Å². The van der Waals surface area contributed by atoms with Crippen molar-refractivity contribution in [3.63, 3.8) is 0 Å². The Morgan fingerprint density at radius 2 is 2.14 bits per heavy atom. The van der Waals surface area contributed by atoms with Crippen LogP contribution in [-0.2, 0) is 0 Å². The number of azide groups is 1. The summed E-state index contributed by atoms with van der Waals surface area (Å²) in [6.07, 6.45) is 1.32. The molecule has 1 N–H and O–H groups in total. The van der Waals surface area contributed by atoms with Gasteiger partial charge in [0.1, 0.15) is 5.69 Å². The second-order valence-electron chi connectivity index (χ2n) is 4.94. The standard InChI is InChI=1S/C14H13N5O2/c15-19-17-11-6-10(7-11)16-14(20)13-8-12(18-21-13)9-4-2-1-3-5-9/h1-5,8,10-11H,6-7H2,(H,16,20)/t10-,11+. The Labute approximate surface area is 120 Å². The maximum atomic E-state index is 12.0. The van der Waals surface area contributed by atoms with Gasteiger partial charge in [0.05, 0.1) is 0 Å². The number of rotatable bonds is 4. The van der Waals surface area contributed by atoms with E-state index in [-0.39, 0.29) is 23.8 Å². The molecule has 21 heavy (non-hydrogen) atoms. The minimum absolute atomic E-state index is 0.0186. The van der Waals surface area contributed by atoms with Crippen molar-refractivity contribution in [1.29, 1.82) is 0 Å². The summed E-state index contributed by atoms with van der Waals surface area (Å²) < 4.78 is 5.08. The number of nitrogens with zero attached hydrogens (tertiary/aromatic N) is 4. The smallest absolute Gasteiger partial charge is 0.290 e. The zero-order valence-electron chi connectivity index (χ0n) is 11.1. The first-order chi connectivity index (χ1) is 10.3. The molecular formula is C14H13N5O2. The summed E-state index contributed by atoms with van der Waals surface area (Å²) in [5, 5.41) is 10.3. The fourth-order valence-electron chi connectivity index (χ4n) is 2.26. The lowest BCUT2D eigenvalue weighted by Crippen LogP contribution is -2.45. The topological polar surface area (TPSA) is 104 Å². The zero-order valence-corrected chi connectivity index (χ0v) is 11.1. The summed E-state index contributed by atoms with van der Waals surface area (Å²) in [6.45, 7) is 0. The molecule has 1 fully saturated rings. The number of amides is 1. The van der Waals surface area contributed by atoms with Crippen molar-refractivity contribution in [2.45, 2.75) is 24.9 Å². The number of hydrogen-bond donors (Lipinski definition) is 1. The van der Waals surface area contributed by atoms with Crippen LogP contribution in [0.2, 0.25) is 0 Å². The van der Waals surface area contributed by atoms with Crippen molar-refractivity contribution in [3.8, 4) is 11.3 Å². The third-order valence-electron chi connectivity index (χ3n) is 3.47. The van der Waals surface area contributed by atoms with Crippen LogP contribution in [0.25, 0.3) is 21.7 Å². The Morgan fingerprint density at radius 3 is 2.86 bits per heavy atom. The lowest BCUT2D eigenvalue weighted by Gasteiger charge is -2.32. The fourth-order valence-corrected chi connectivity index (χ4v) is 2.26. The lowest BCUT2D eigenvalue weighted by atomic mass is 9.87. The highest BCUT2D eigenvalue weighted by molar-refractivity contribution is 5.92. The number of aromatic nitrogens is 1. The normalized spacial score (nSPS) is 20.2. The van der Waals surface area contributed by atoms with Crippen LogP contribution < -0.4 is 5.32 Å². The van der Waals surface area contributed by atoms with Gasteiger partial charge in [-0.15, -0.1) is 0 Å². The van der Waals surface area contributed by atoms with Crippen LogP contribution in [0, 0.1) is 0 Å². The molecule has 106 valence electrons. The van der Waals surface area contributed by atoms with Gasteiger partial charge in [0.25, 0.3) is 5.91 Å². The minimum Gasteiger partial charge on any atom is -0.350 e. The van der Waals surface area contributed by atoms with Crippen molar-refractivity contribution >= 4 is 5.91 Å². The molecule has 7 nitrogen and oxygen atoms in total. The van der Waals surface area contributed by atoms with Crippen LogP contribution in [-0.4, -0.2) is 23.1 Å². The average molecular weight is 283 g/mol. The van der Waals surface area contributed by atoms with Crippen molar-refractivity contribution in [3.05, 3.63) is 52.6 Å². The monoisotopic (exact) mass is 283 g/mol. The molecule has 0 spiro atoms. The van der Waals surface area contributed by atoms with E-state index in [4.69, 9.17) is 10.1 Å². The van der Waals surface area contributed by atoms with Crippen LogP contribution in [0.4, 0.5) is 0 Å². The molecule has 0 radical (unpaired) electrons. The van der Waals surface area contributed by atoms with Gasteiger partial charge in [0, 0.05) is 28.6 Å². The number of carbonyl (C=O) groups excluding carboxylic acids is 1. The van der Waals surface area contributed by atoms with E-state index in [1.54, 1.807) is 6.07 Å². The highest BCUT2D eigenvalue weighted by Gasteiger charge is 2.30. The van der Waals surface area contributed by atoms with Gasteiger partial charge in [0.2, 0.25) is 5.76 Å². The number of nitrogens with one attached hydrogen (secondary N) is 1. The summed E-state index contributed by atoms with van der Waals surface area (Å²) >= 11 is 0. The molecular weight excluding hydrogens is 270 g/mol. The Morgan fingerprint density at radius 1 is 1.38 bits per heavy atom. The largest absolute Gasteiger partial charge is 0.350 e. The van der Waals surface area contributed by atoms with Gasteiger partial charge < -0.3 is 9.84 Å². The second kappa shape index (κ2) is 5.68. The molecule has 3 rings (SSSR count). The van der Waals surface area contributed by atoms with Crippen molar-refractivity contribution in [2.24, 2.45) is 5.11 Å². The molecule has 1 saturated carbocycles. The lowest BCUT2D eigenvalue weighted by molar-refractivity contribution is 0.0872. The molecule has 7 heteroatoms. The van der Waals surface area contributed by atoms with Crippen molar-refractivity contribution in [1.82, 2.24) is 10.5 Å². The third kappa shape index (κ3) is 2.88. The van der Waals surface area contributed by atoms with E-state index < -0.39 is 0 Å². The minimum atomic E-state index is -0.297. The first-order valence-corrected chi connectivity index (χ1v) is 6.63. The Balaban J connectivity index is 1.62. The second-order valence-corrected chi connectivity index (χ2v) is 4.94. The van der Waals surface area contributed by atoms with Crippen LogP contribution in [0.1, 0.15) is 23.4 Å². The Hall–Kier alpha value is -2.79. The summed E-state index contributed by atoms with van der Waals surface area (Å²) in [5.41, 5.74) is 9.83. The zero-order chi connectivity index (χ0) is 14.7. The molecule has 0 aliphatic heterocycles. The maximum absolute atomic E-state index is 12.0. The van der Waals surface area contributed by atoms with Gasteiger partial charge in [-0.3, -0.25) is 4.79 Å². The number of hydrogen-bond acceptors (Lipinski definition) is 4. The van der Waals surface area contributed by atoms with E-state index in [1.807, 2.05) is 30.3 Å². The van der Waals surface area contributed by atoms with Gasteiger partial charge in [0.15, 0.2) is 0 Å². The molecule has 0 atom stereocenters. The van der Waals surface area contributed by atoms with Crippen LogP contribution in [0.15, 0.2) is 46.0 Å². The van der Waals surface area contributed by atoms with E-state index in [9.17, 15) is 4.79 Å². The van der Waals surface area contributed by atoms with E-state index in [1.165, 1.54) is 0 Å². The number of benzene rings is 1. The summed E-state index contributed by atoms with van der Waals surface area (Å²) in [4.78, 5) is 14.8.